The lowest BCUT2D eigenvalue weighted by molar-refractivity contribution is -0.143. The van der Waals surface area contributed by atoms with Crippen LogP contribution >= 0.6 is 0 Å². The van der Waals surface area contributed by atoms with Gasteiger partial charge in [0.05, 0.1) is 11.7 Å². The largest absolute Gasteiger partial charge is 0.459 e. The smallest absolute Gasteiger partial charge is 0.337 e. The first kappa shape index (κ1) is 13.4. The molecule has 1 unspecified atom stereocenters. The molecule has 0 radical (unpaired) electrons. The third-order valence-corrected chi connectivity index (χ3v) is 1.72. The second-order valence-corrected chi connectivity index (χ2v) is 3.07. The second-order valence-electron chi connectivity index (χ2n) is 3.07. The maximum absolute atomic E-state index is 11.3. The molecule has 15 heavy (non-hydrogen) atoms. The van der Waals surface area contributed by atoms with Crippen molar-refractivity contribution in [1.82, 2.24) is 0 Å². The highest BCUT2D eigenvalue weighted by Gasteiger charge is 2.10. The minimum Gasteiger partial charge on any atom is -0.459 e. The predicted molar refractivity (Wildman–Crippen MR) is 55.9 cm³/mol. The van der Waals surface area contributed by atoms with Gasteiger partial charge in [-0.2, -0.15) is 0 Å². The normalized spacial score (nSPS) is 12.9. The average molecular weight is 212 g/mol. The molecule has 0 fully saturated rings. The molecule has 0 aliphatic carbocycles. The summed E-state index contributed by atoms with van der Waals surface area (Å²) in [4.78, 5) is 22.0. The zero-order chi connectivity index (χ0) is 11.8. The lowest BCUT2D eigenvalue weighted by Crippen LogP contribution is -2.14. The van der Waals surface area contributed by atoms with Crippen LogP contribution in [0.1, 0.15) is 27.2 Å². The van der Waals surface area contributed by atoms with Crippen LogP contribution in [0, 0.1) is 0 Å². The molecule has 0 aliphatic rings. The molecular weight excluding hydrogens is 196 g/mol. The molecule has 0 amide bonds. The Hall–Kier alpha value is -1.58. The Balaban J connectivity index is 4.19. The van der Waals surface area contributed by atoms with E-state index in [4.69, 9.17) is 4.74 Å². The van der Waals surface area contributed by atoms with Crippen LogP contribution in [0.5, 0.6) is 0 Å². The number of esters is 2. The quantitative estimate of drug-likeness (QED) is 0.397. The van der Waals surface area contributed by atoms with Crippen LogP contribution in [0.3, 0.4) is 0 Å². The summed E-state index contributed by atoms with van der Waals surface area (Å²) < 4.78 is 9.57. The molecule has 0 saturated carbocycles. The Morgan fingerprint density at radius 1 is 1.47 bits per heavy atom. The van der Waals surface area contributed by atoms with Gasteiger partial charge in [0, 0.05) is 6.08 Å². The molecule has 0 aliphatic heterocycles. The second kappa shape index (κ2) is 6.81. The van der Waals surface area contributed by atoms with Crippen LogP contribution in [0.15, 0.2) is 24.5 Å². The van der Waals surface area contributed by atoms with Gasteiger partial charge >= 0.3 is 11.9 Å². The number of ether oxygens (including phenoxy) is 2. The first-order valence-electron chi connectivity index (χ1n) is 4.72. The van der Waals surface area contributed by atoms with E-state index < -0.39 is 11.9 Å². The van der Waals surface area contributed by atoms with Crippen molar-refractivity contribution in [3.8, 4) is 0 Å². The first-order chi connectivity index (χ1) is 7.01. The van der Waals surface area contributed by atoms with Crippen LogP contribution < -0.4 is 0 Å². The molecule has 0 rings (SSSR count). The summed E-state index contributed by atoms with van der Waals surface area (Å²) in [6.07, 6.45) is 2.68. The molecule has 0 aromatic rings. The fraction of sp³-hybridized carbons (Fsp3) is 0.455. The maximum atomic E-state index is 11.3. The Bertz CT molecular complexity index is 278. The molecule has 4 heteroatoms. The number of carbonyl (C=O) groups is 2. The minimum atomic E-state index is -0.606. The van der Waals surface area contributed by atoms with Crippen molar-refractivity contribution in [3.63, 3.8) is 0 Å². The maximum Gasteiger partial charge on any atom is 0.337 e. The van der Waals surface area contributed by atoms with E-state index in [1.54, 1.807) is 6.92 Å². The SMILES string of the molecule is C=CC(=O)OC=C(C)C(=O)OC(C)CC. The van der Waals surface area contributed by atoms with Gasteiger partial charge in [0.15, 0.2) is 0 Å². The van der Waals surface area contributed by atoms with Crippen LogP contribution in [0.4, 0.5) is 0 Å². The molecule has 1 atom stereocenters. The molecule has 0 heterocycles. The van der Waals surface area contributed by atoms with E-state index in [1.165, 1.54) is 6.92 Å². The zero-order valence-corrected chi connectivity index (χ0v) is 9.28. The van der Waals surface area contributed by atoms with Crippen LogP contribution in [0.2, 0.25) is 0 Å². The van der Waals surface area contributed by atoms with Crippen molar-refractivity contribution < 1.29 is 19.1 Å². The molecule has 0 aromatic carbocycles. The standard InChI is InChI=1S/C11H16O4/c1-5-9(4)15-11(13)8(3)7-14-10(12)6-2/h6-7,9H,2,5H2,1,3-4H3. The molecule has 0 saturated heterocycles. The van der Waals surface area contributed by atoms with Gasteiger partial charge in [-0.3, -0.25) is 0 Å². The van der Waals surface area contributed by atoms with E-state index in [2.05, 4.69) is 11.3 Å². The zero-order valence-electron chi connectivity index (χ0n) is 9.28. The number of carbonyl (C=O) groups excluding carboxylic acids is 2. The van der Waals surface area contributed by atoms with Crippen molar-refractivity contribution in [1.29, 1.82) is 0 Å². The summed E-state index contributed by atoms with van der Waals surface area (Å²) in [5, 5.41) is 0. The molecule has 84 valence electrons. The number of hydrogen-bond acceptors (Lipinski definition) is 4. The average Bonchev–Trinajstić information content (AvgIpc) is 2.24. The van der Waals surface area contributed by atoms with Gasteiger partial charge in [0.25, 0.3) is 0 Å². The monoisotopic (exact) mass is 212 g/mol. The Morgan fingerprint density at radius 3 is 2.53 bits per heavy atom. The minimum absolute atomic E-state index is 0.143. The van der Waals surface area contributed by atoms with E-state index >= 15 is 0 Å². The Kier molecular flexibility index (Phi) is 6.09. The van der Waals surface area contributed by atoms with E-state index in [9.17, 15) is 9.59 Å². The van der Waals surface area contributed by atoms with Crippen LogP contribution in [-0.4, -0.2) is 18.0 Å². The fourth-order valence-electron chi connectivity index (χ4n) is 0.602. The van der Waals surface area contributed by atoms with Crippen molar-refractivity contribution in [3.05, 3.63) is 24.5 Å². The van der Waals surface area contributed by atoms with Crippen LogP contribution in [0.25, 0.3) is 0 Å². The van der Waals surface area contributed by atoms with Crippen LogP contribution in [-0.2, 0) is 19.1 Å². The van der Waals surface area contributed by atoms with E-state index in [-0.39, 0.29) is 11.7 Å². The van der Waals surface area contributed by atoms with E-state index in [1.807, 2.05) is 6.92 Å². The van der Waals surface area contributed by atoms with Crippen molar-refractivity contribution in [2.75, 3.05) is 0 Å². The summed E-state index contributed by atoms with van der Waals surface area (Å²) in [6.45, 7) is 8.44. The number of hydrogen-bond donors (Lipinski definition) is 0. The van der Waals surface area contributed by atoms with Crippen molar-refractivity contribution >= 4 is 11.9 Å². The highest BCUT2D eigenvalue weighted by atomic mass is 16.5. The van der Waals surface area contributed by atoms with E-state index in [0.717, 1.165) is 18.8 Å². The summed E-state index contributed by atoms with van der Waals surface area (Å²) >= 11 is 0. The van der Waals surface area contributed by atoms with Gasteiger partial charge in [-0.1, -0.05) is 13.5 Å². The molecule has 0 spiro atoms. The van der Waals surface area contributed by atoms with Gasteiger partial charge in [-0.25, -0.2) is 9.59 Å². The molecule has 0 N–H and O–H groups in total. The summed E-state index contributed by atoms with van der Waals surface area (Å²) in [5.74, 6) is -1.09. The van der Waals surface area contributed by atoms with Gasteiger partial charge in [-0.15, -0.1) is 0 Å². The van der Waals surface area contributed by atoms with Gasteiger partial charge in [-0.05, 0) is 20.3 Å². The predicted octanol–water partition coefficient (Wildman–Crippen LogP) is 1.96. The topological polar surface area (TPSA) is 52.6 Å². The molecule has 4 nitrogen and oxygen atoms in total. The third-order valence-electron chi connectivity index (χ3n) is 1.72. The highest BCUT2D eigenvalue weighted by molar-refractivity contribution is 5.88. The molecular formula is C11H16O4. The first-order valence-corrected chi connectivity index (χ1v) is 4.72. The Morgan fingerprint density at radius 2 is 2.07 bits per heavy atom. The van der Waals surface area contributed by atoms with Gasteiger partial charge in [0.1, 0.15) is 6.26 Å². The Labute approximate surface area is 89.6 Å². The summed E-state index contributed by atoms with van der Waals surface area (Å²) in [6, 6.07) is 0. The molecule has 0 aromatic heterocycles. The van der Waals surface area contributed by atoms with Gasteiger partial charge in [0.2, 0.25) is 0 Å². The van der Waals surface area contributed by atoms with Crippen molar-refractivity contribution in [2.24, 2.45) is 0 Å². The van der Waals surface area contributed by atoms with E-state index in [0.29, 0.717) is 0 Å². The lowest BCUT2D eigenvalue weighted by Gasteiger charge is -2.10. The summed E-state index contributed by atoms with van der Waals surface area (Å²) in [5.41, 5.74) is 0.241. The lowest BCUT2D eigenvalue weighted by atomic mass is 10.3. The molecule has 0 bridgehead atoms. The van der Waals surface area contributed by atoms with Gasteiger partial charge < -0.3 is 9.47 Å². The number of rotatable bonds is 5. The van der Waals surface area contributed by atoms with Crippen molar-refractivity contribution in [2.45, 2.75) is 33.3 Å². The highest BCUT2D eigenvalue weighted by Crippen LogP contribution is 2.03. The summed E-state index contributed by atoms with van der Waals surface area (Å²) in [7, 11) is 0. The third kappa shape index (κ3) is 5.67. The fourth-order valence-corrected chi connectivity index (χ4v) is 0.602.